The summed E-state index contributed by atoms with van der Waals surface area (Å²) in [6, 6.07) is 2.70. The lowest BCUT2D eigenvalue weighted by molar-refractivity contribution is 0.285. The van der Waals surface area contributed by atoms with Crippen LogP contribution in [0, 0.1) is 5.92 Å². The summed E-state index contributed by atoms with van der Waals surface area (Å²) in [5, 5.41) is 7.84. The molecule has 3 nitrogen and oxygen atoms in total. The lowest BCUT2D eigenvalue weighted by Crippen LogP contribution is -2.40. The van der Waals surface area contributed by atoms with Crippen LogP contribution in [0.25, 0.3) is 0 Å². The van der Waals surface area contributed by atoms with Crippen LogP contribution in [0.5, 0.6) is 0 Å². The molecule has 4 heteroatoms. The van der Waals surface area contributed by atoms with Gasteiger partial charge in [-0.25, -0.2) is 0 Å². The van der Waals surface area contributed by atoms with Gasteiger partial charge in [-0.3, -0.25) is 4.68 Å². The maximum absolute atomic E-state index is 6.02. The quantitative estimate of drug-likeness (QED) is 0.819. The van der Waals surface area contributed by atoms with E-state index >= 15 is 0 Å². The standard InChI is InChI=1S/C13H22ClN3/c1-17-12(7-9-16-17)6-8-15-13-5-3-2-4-11(13)10-14/h7,9,11,13,15H,2-6,8,10H2,1H3. The van der Waals surface area contributed by atoms with Crippen LogP contribution < -0.4 is 5.32 Å². The van der Waals surface area contributed by atoms with Gasteiger partial charge < -0.3 is 5.32 Å². The van der Waals surface area contributed by atoms with E-state index in [1.165, 1.54) is 31.4 Å². The summed E-state index contributed by atoms with van der Waals surface area (Å²) in [7, 11) is 2.00. The Labute approximate surface area is 109 Å². The fourth-order valence-corrected chi connectivity index (χ4v) is 3.06. The van der Waals surface area contributed by atoms with Crippen LogP contribution in [0.2, 0.25) is 0 Å². The van der Waals surface area contributed by atoms with Crippen molar-refractivity contribution < 1.29 is 0 Å². The number of nitrogens with zero attached hydrogens (tertiary/aromatic N) is 2. The molecule has 0 spiro atoms. The van der Waals surface area contributed by atoms with Crippen LogP contribution in [-0.4, -0.2) is 28.2 Å². The molecular formula is C13H22ClN3. The third-order valence-corrected chi connectivity index (χ3v) is 4.21. The molecule has 0 aromatic carbocycles. The number of aromatic nitrogens is 2. The molecule has 1 fully saturated rings. The van der Waals surface area contributed by atoms with Crippen LogP contribution in [0.1, 0.15) is 31.4 Å². The largest absolute Gasteiger partial charge is 0.313 e. The van der Waals surface area contributed by atoms with E-state index in [1.54, 1.807) is 0 Å². The highest BCUT2D eigenvalue weighted by molar-refractivity contribution is 6.18. The Bertz CT molecular complexity index is 337. The summed E-state index contributed by atoms with van der Waals surface area (Å²) in [5.41, 5.74) is 1.29. The van der Waals surface area contributed by atoms with Gasteiger partial charge in [-0.1, -0.05) is 12.8 Å². The molecule has 0 saturated heterocycles. The molecular weight excluding hydrogens is 234 g/mol. The minimum Gasteiger partial charge on any atom is -0.313 e. The Morgan fingerprint density at radius 1 is 1.47 bits per heavy atom. The zero-order valence-electron chi connectivity index (χ0n) is 10.5. The summed E-state index contributed by atoms with van der Waals surface area (Å²) < 4.78 is 1.95. The molecule has 17 heavy (non-hydrogen) atoms. The normalized spacial score (nSPS) is 25.1. The maximum Gasteiger partial charge on any atom is 0.0492 e. The second kappa shape index (κ2) is 6.41. The van der Waals surface area contributed by atoms with Gasteiger partial charge in [0.1, 0.15) is 0 Å². The summed E-state index contributed by atoms with van der Waals surface area (Å²) in [4.78, 5) is 0. The van der Waals surface area contributed by atoms with Crippen molar-refractivity contribution in [2.45, 2.75) is 38.1 Å². The fourth-order valence-electron chi connectivity index (χ4n) is 2.69. The molecule has 0 amide bonds. The number of rotatable bonds is 5. The molecule has 1 N–H and O–H groups in total. The van der Waals surface area contributed by atoms with Crippen LogP contribution >= 0.6 is 11.6 Å². The van der Waals surface area contributed by atoms with Crippen LogP contribution in [-0.2, 0) is 13.5 Å². The minimum absolute atomic E-state index is 0.620. The van der Waals surface area contributed by atoms with Gasteiger partial charge in [0, 0.05) is 43.8 Å². The van der Waals surface area contributed by atoms with Gasteiger partial charge >= 0.3 is 0 Å². The Kier molecular flexibility index (Phi) is 4.86. The lowest BCUT2D eigenvalue weighted by Gasteiger charge is -2.31. The van der Waals surface area contributed by atoms with E-state index in [-0.39, 0.29) is 0 Å². The molecule has 1 aromatic heterocycles. The van der Waals surface area contributed by atoms with Gasteiger partial charge in [-0.2, -0.15) is 5.10 Å². The first-order valence-corrected chi connectivity index (χ1v) is 7.11. The van der Waals surface area contributed by atoms with Crippen molar-refractivity contribution in [3.63, 3.8) is 0 Å². The first kappa shape index (κ1) is 12.9. The van der Waals surface area contributed by atoms with Crippen LogP contribution in [0.4, 0.5) is 0 Å². The molecule has 1 aromatic rings. The average molecular weight is 256 g/mol. The second-order valence-corrected chi connectivity index (χ2v) is 5.26. The van der Waals surface area contributed by atoms with Gasteiger partial charge in [0.25, 0.3) is 0 Å². The number of alkyl halides is 1. The van der Waals surface area contributed by atoms with Gasteiger partial charge in [0.2, 0.25) is 0 Å². The highest BCUT2D eigenvalue weighted by Gasteiger charge is 2.23. The minimum atomic E-state index is 0.620. The van der Waals surface area contributed by atoms with Crippen molar-refractivity contribution in [2.75, 3.05) is 12.4 Å². The Morgan fingerprint density at radius 3 is 3.00 bits per heavy atom. The zero-order valence-corrected chi connectivity index (χ0v) is 11.3. The van der Waals surface area contributed by atoms with Gasteiger partial charge in [-0.15, -0.1) is 11.6 Å². The number of hydrogen-bond acceptors (Lipinski definition) is 2. The first-order valence-electron chi connectivity index (χ1n) is 6.57. The molecule has 0 aliphatic heterocycles. The maximum atomic E-state index is 6.02. The predicted molar refractivity (Wildman–Crippen MR) is 71.4 cm³/mol. The highest BCUT2D eigenvalue weighted by Crippen LogP contribution is 2.25. The van der Waals surface area contributed by atoms with Gasteiger partial charge in [0.15, 0.2) is 0 Å². The van der Waals surface area contributed by atoms with Crippen LogP contribution in [0.15, 0.2) is 12.3 Å². The molecule has 2 atom stereocenters. The highest BCUT2D eigenvalue weighted by atomic mass is 35.5. The average Bonchev–Trinajstić information content (AvgIpc) is 2.76. The summed E-state index contributed by atoms with van der Waals surface area (Å²) in [6.45, 7) is 1.03. The van der Waals surface area contributed by atoms with E-state index < -0.39 is 0 Å². The molecule has 1 aliphatic rings. The fraction of sp³-hybridized carbons (Fsp3) is 0.769. The van der Waals surface area contributed by atoms with Crippen molar-refractivity contribution >= 4 is 11.6 Å². The van der Waals surface area contributed by atoms with E-state index in [4.69, 9.17) is 11.6 Å². The smallest absolute Gasteiger partial charge is 0.0492 e. The third kappa shape index (κ3) is 3.46. The van der Waals surface area contributed by atoms with E-state index in [1.807, 2.05) is 17.9 Å². The van der Waals surface area contributed by atoms with Crippen LogP contribution in [0.3, 0.4) is 0 Å². The van der Waals surface area contributed by atoms with Crippen molar-refractivity contribution in [3.8, 4) is 0 Å². The SMILES string of the molecule is Cn1nccc1CCNC1CCCCC1CCl. The predicted octanol–water partition coefficient (Wildman–Crippen LogP) is 2.35. The number of nitrogens with one attached hydrogen (secondary N) is 1. The summed E-state index contributed by atoms with van der Waals surface area (Å²) >= 11 is 6.02. The lowest BCUT2D eigenvalue weighted by atomic mass is 9.86. The van der Waals surface area contributed by atoms with Gasteiger partial charge in [0.05, 0.1) is 0 Å². The van der Waals surface area contributed by atoms with Crippen molar-refractivity contribution in [1.29, 1.82) is 0 Å². The van der Waals surface area contributed by atoms with E-state index in [0.29, 0.717) is 12.0 Å². The van der Waals surface area contributed by atoms with Crippen molar-refractivity contribution in [3.05, 3.63) is 18.0 Å². The van der Waals surface area contributed by atoms with Crippen molar-refractivity contribution in [1.82, 2.24) is 15.1 Å². The van der Waals surface area contributed by atoms with E-state index in [0.717, 1.165) is 18.8 Å². The summed E-state index contributed by atoms with van der Waals surface area (Å²) in [5.74, 6) is 1.46. The van der Waals surface area contributed by atoms with E-state index in [9.17, 15) is 0 Å². The van der Waals surface area contributed by atoms with E-state index in [2.05, 4.69) is 16.5 Å². The number of halogens is 1. The van der Waals surface area contributed by atoms with Gasteiger partial charge in [-0.05, 0) is 24.8 Å². The monoisotopic (exact) mass is 255 g/mol. The number of hydrogen-bond donors (Lipinski definition) is 1. The topological polar surface area (TPSA) is 29.9 Å². The first-order chi connectivity index (χ1) is 8.31. The Balaban J connectivity index is 1.75. The number of aryl methyl sites for hydroxylation is 1. The molecule has 1 saturated carbocycles. The third-order valence-electron chi connectivity index (χ3n) is 3.82. The molecule has 2 rings (SSSR count). The molecule has 0 bridgehead atoms. The molecule has 1 heterocycles. The summed E-state index contributed by atoms with van der Waals surface area (Å²) in [6.07, 6.45) is 8.16. The zero-order chi connectivity index (χ0) is 12.1. The van der Waals surface area contributed by atoms with Crippen molar-refractivity contribution in [2.24, 2.45) is 13.0 Å². The molecule has 0 radical (unpaired) electrons. The molecule has 1 aliphatic carbocycles. The molecule has 2 unspecified atom stereocenters. The Morgan fingerprint density at radius 2 is 2.29 bits per heavy atom. The Hall–Kier alpha value is -0.540. The molecule has 96 valence electrons. The second-order valence-electron chi connectivity index (χ2n) is 4.96.